The lowest BCUT2D eigenvalue weighted by Gasteiger charge is -2.25. The molecule has 0 fully saturated rings. The summed E-state index contributed by atoms with van der Waals surface area (Å²) in [5, 5.41) is 6.43. The third-order valence-electron chi connectivity index (χ3n) is 3.74. The predicted molar refractivity (Wildman–Crippen MR) is 75.9 cm³/mol. The average Bonchev–Trinajstić information content (AvgIpc) is 2.85. The van der Waals surface area contributed by atoms with Gasteiger partial charge in [-0.1, -0.05) is 24.3 Å². The Labute approximate surface area is 118 Å². The van der Waals surface area contributed by atoms with Gasteiger partial charge in [-0.2, -0.15) is 5.10 Å². The molecule has 6 heteroatoms. The van der Waals surface area contributed by atoms with Crippen LogP contribution in [0.4, 0.5) is 0 Å². The third-order valence-corrected chi connectivity index (χ3v) is 5.38. The molecule has 2 N–H and O–H groups in total. The zero-order valence-electron chi connectivity index (χ0n) is 11.3. The summed E-state index contributed by atoms with van der Waals surface area (Å²) >= 11 is 0. The summed E-state index contributed by atoms with van der Waals surface area (Å²) in [6.07, 6.45) is 3.83. The number of H-pyrrole nitrogens is 1. The summed E-state index contributed by atoms with van der Waals surface area (Å²) in [5.41, 5.74) is 3.12. The molecule has 1 atom stereocenters. The highest BCUT2D eigenvalue weighted by molar-refractivity contribution is 7.89. The van der Waals surface area contributed by atoms with Crippen molar-refractivity contribution in [3.8, 4) is 0 Å². The van der Waals surface area contributed by atoms with Crippen LogP contribution in [0.25, 0.3) is 0 Å². The van der Waals surface area contributed by atoms with E-state index in [1.165, 1.54) is 17.3 Å². The standard InChI is InChI=1S/C14H17N3O2S/c1-10-14(9-15-16-10)20(18,19)17-13-7-6-11-4-2-3-5-12(11)8-13/h2-5,9,13,17H,6-8H2,1H3,(H,15,16). The van der Waals surface area contributed by atoms with E-state index in [-0.39, 0.29) is 10.9 Å². The fourth-order valence-corrected chi connectivity index (χ4v) is 4.10. The van der Waals surface area contributed by atoms with E-state index >= 15 is 0 Å². The molecule has 106 valence electrons. The van der Waals surface area contributed by atoms with Gasteiger partial charge in [0.1, 0.15) is 4.90 Å². The van der Waals surface area contributed by atoms with Gasteiger partial charge in [-0.05, 0) is 37.3 Å². The lowest BCUT2D eigenvalue weighted by atomic mass is 9.89. The van der Waals surface area contributed by atoms with Gasteiger partial charge in [-0.15, -0.1) is 0 Å². The molecule has 1 aliphatic carbocycles. The van der Waals surface area contributed by atoms with E-state index in [0.717, 1.165) is 19.3 Å². The van der Waals surface area contributed by atoms with Crippen LogP contribution in [-0.2, 0) is 22.9 Å². The molecule has 5 nitrogen and oxygen atoms in total. The van der Waals surface area contributed by atoms with Gasteiger partial charge in [0.05, 0.1) is 11.9 Å². The number of nitrogens with zero attached hydrogens (tertiary/aromatic N) is 1. The molecule has 1 unspecified atom stereocenters. The Morgan fingerprint density at radius 1 is 1.30 bits per heavy atom. The van der Waals surface area contributed by atoms with Crippen LogP contribution in [0.1, 0.15) is 23.2 Å². The van der Waals surface area contributed by atoms with Crippen molar-refractivity contribution in [2.45, 2.75) is 37.1 Å². The van der Waals surface area contributed by atoms with Gasteiger partial charge in [-0.25, -0.2) is 13.1 Å². The van der Waals surface area contributed by atoms with Crippen molar-refractivity contribution in [2.75, 3.05) is 0 Å². The van der Waals surface area contributed by atoms with Crippen molar-refractivity contribution < 1.29 is 8.42 Å². The first-order valence-electron chi connectivity index (χ1n) is 6.65. The van der Waals surface area contributed by atoms with Crippen molar-refractivity contribution in [1.29, 1.82) is 0 Å². The van der Waals surface area contributed by atoms with Gasteiger partial charge >= 0.3 is 0 Å². The van der Waals surface area contributed by atoms with Gasteiger partial charge in [0.25, 0.3) is 0 Å². The molecule has 1 heterocycles. The molecule has 20 heavy (non-hydrogen) atoms. The zero-order chi connectivity index (χ0) is 14.2. The van der Waals surface area contributed by atoms with Crippen LogP contribution in [0.5, 0.6) is 0 Å². The Bertz CT molecular complexity index is 722. The van der Waals surface area contributed by atoms with Crippen LogP contribution in [0.15, 0.2) is 35.4 Å². The first-order valence-corrected chi connectivity index (χ1v) is 8.13. The van der Waals surface area contributed by atoms with Gasteiger partial charge in [0.2, 0.25) is 10.0 Å². The summed E-state index contributed by atoms with van der Waals surface area (Å²) in [7, 11) is -3.49. The summed E-state index contributed by atoms with van der Waals surface area (Å²) < 4.78 is 27.4. The van der Waals surface area contributed by atoms with Gasteiger partial charge in [0.15, 0.2) is 0 Å². The van der Waals surface area contributed by atoms with E-state index in [9.17, 15) is 8.42 Å². The molecular formula is C14H17N3O2S. The summed E-state index contributed by atoms with van der Waals surface area (Å²) in [5.74, 6) is 0. The van der Waals surface area contributed by atoms with Crippen LogP contribution >= 0.6 is 0 Å². The molecule has 0 bridgehead atoms. The summed E-state index contributed by atoms with van der Waals surface area (Å²) in [6, 6.07) is 8.15. The lowest BCUT2D eigenvalue weighted by molar-refractivity contribution is 0.507. The van der Waals surface area contributed by atoms with E-state index in [1.54, 1.807) is 6.92 Å². The molecular weight excluding hydrogens is 274 g/mol. The van der Waals surface area contributed by atoms with E-state index < -0.39 is 10.0 Å². The van der Waals surface area contributed by atoms with Crippen molar-refractivity contribution in [3.63, 3.8) is 0 Å². The second-order valence-corrected chi connectivity index (χ2v) is 6.87. The molecule has 3 rings (SSSR count). The van der Waals surface area contributed by atoms with Crippen molar-refractivity contribution >= 4 is 10.0 Å². The maximum Gasteiger partial charge on any atom is 0.244 e. The number of benzene rings is 1. The molecule has 0 saturated heterocycles. The van der Waals surface area contributed by atoms with Crippen LogP contribution in [0.2, 0.25) is 0 Å². The number of aromatic nitrogens is 2. The van der Waals surface area contributed by atoms with Crippen molar-refractivity contribution in [1.82, 2.24) is 14.9 Å². The molecule has 0 radical (unpaired) electrons. The van der Waals surface area contributed by atoms with Gasteiger partial charge < -0.3 is 0 Å². The Morgan fingerprint density at radius 2 is 2.05 bits per heavy atom. The van der Waals surface area contributed by atoms with Crippen LogP contribution in [-0.4, -0.2) is 24.7 Å². The van der Waals surface area contributed by atoms with Crippen LogP contribution < -0.4 is 4.72 Å². The highest BCUT2D eigenvalue weighted by atomic mass is 32.2. The maximum absolute atomic E-state index is 12.3. The Hall–Kier alpha value is -1.66. The number of nitrogens with one attached hydrogen (secondary N) is 2. The fraction of sp³-hybridized carbons (Fsp3) is 0.357. The van der Waals surface area contributed by atoms with Crippen molar-refractivity contribution in [3.05, 3.63) is 47.3 Å². The maximum atomic E-state index is 12.3. The molecule has 0 spiro atoms. The second-order valence-electron chi connectivity index (χ2n) is 5.19. The van der Waals surface area contributed by atoms with Crippen LogP contribution in [0, 0.1) is 6.92 Å². The van der Waals surface area contributed by atoms with E-state index in [4.69, 9.17) is 0 Å². The molecule has 0 saturated carbocycles. The minimum absolute atomic E-state index is 0.0517. The zero-order valence-corrected chi connectivity index (χ0v) is 12.1. The van der Waals surface area contributed by atoms with Crippen molar-refractivity contribution in [2.24, 2.45) is 0 Å². The summed E-state index contributed by atoms with van der Waals surface area (Å²) in [6.45, 7) is 1.71. The minimum atomic E-state index is -3.49. The highest BCUT2D eigenvalue weighted by Gasteiger charge is 2.25. The second kappa shape index (κ2) is 5.03. The fourth-order valence-electron chi connectivity index (χ4n) is 2.69. The van der Waals surface area contributed by atoms with Gasteiger partial charge in [-0.3, -0.25) is 5.10 Å². The van der Waals surface area contributed by atoms with E-state index in [1.807, 2.05) is 12.1 Å². The number of aryl methyl sites for hydroxylation is 2. The molecule has 0 amide bonds. The first kappa shape index (κ1) is 13.3. The Kier molecular flexibility index (Phi) is 3.35. The molecule has 1 aromatic heterocycles. The Balaban J connectivity index is 1.79. The number of aromatic amines is 1. The number of hydrogen-bond donors (Lipinski definition) is 2. The van der Waals surface area contributed by atoms with E-state index in [0.29, 0.717) is 5.69 Å². The monoisotopic (exact) mass is 291 g/mol. The SMILES string of the molecule is Cc1[nH]ncc1S(=O)(=O)NC1CCc2ccccc2C1. The predicted octanol–water partition coefficient (Wildman–Crippen LogP) is 1.55. The summed E-state index contributed by atoms with van der Waals surface area (Å²) in [4.78, 5) is 0.233. The van der Waals surface area contributed by atoms with E-state index in [2.05, 4.69) is 27.1 Å². The lowest BCUT2D eigenvalue weighted by Crippen LogP contribution is -2.38. The topological polar surface area (TPSA) is 74.8 Å². The molecule has 1 aliphatic rings. The largest absolute Gasteiger partial charge is 0.281 e. The quantitative estimate of drug-likeness (QED) is 0.901. The molecule has 2 aromatic rings. The number of sulfonamides is 1. The third kappa shape index (κ3) is 2.48. The number of rotatable bonds is 3. The van der Waals surface area contributed by atoms with Gasteiger partial charge in [0, 0.05) is 6.04 Å². The average molecular weight is 291 g/mol. The molecule has 1 aromatic carbocycles. The highest BCUT2D eigenvalue weighted by Crippen LogP contribution is 2.22. The Morgan fingerprint density at radius 3 is 2.75 bits per heavy atom. The smallest absolute Gasteiger partial charge is 0.244 e. The normalized spacial score (nSPS) is 18.8. The first-order chi connectivity index (χ1) is 9.56. The van der Waals surface area contributed by atoms with Crippen LogP contribution in [0.3, 0.4) is 0 Å². The minimum Gasteiger partial charge on any atom is -0.281 e. The number of fused-ring (bicyclic) bond motifs is 1. The number of hydrogen-bond acceptors (Lipinski definition) is 3. The molecule has 0 aliphatic heterocycles.